The minimum atomic E-state index is -0.414. The summed E-state index contributed by atoms with van der Waals surface area (Å²) in [5.74, 6) is 0.757. The molecule has 0 aliphatic carbocycles. The van der Waals surface area contributed by atoms with Gasteiger partial charge >= 0.3 is 5.97 Å². The summed E-state index contributed by atoms with van der Waals surface area (Å²) < 4.78 is 12.0. The van der Waals surface area contributed by atoms with E-state index in [1.807, 2.05) is 12.1 Å². The van der Waals surface area contributed by atoms with Gasteiger partial charge in [0.1, 0.15) is 11.5 Å². The van der Waals surface area contributed by atoms with Gasteiger partial charge in [-0.25, -0.2) is 4.79 Å². The van der Waals surface area contributed by atoms with Crippen LogP contribution >= 0.6 is 31.9 Å². The number of rotatable bonds is 4. The lowest BCUT2D eigenvalue weighted by molar-refractivity contribution is 0.0733. The predicted octanol–water partition coefficient (Wildman–Crippen LogP) is 5.00. The highest BCUT2D eigenvalue weighted by molar-refractivity contribution is 9.10. The maximum atomic E-state index is 12.2. The molecule has 0 N–H and O–H groups in total. The molecule has 2 aromatic rings. The van der Waals surface area contributed by atoms with Crippen molar-refractivity contribution in [3.05, 3.63) is 56.5 Å². The van der Waals surface area contributed by atoms with Crippen molar-refractivity contribution in [2.75, 3.05) is 7.11 Å². The number of aryl methyl sites for hydroxylation is 1. The highest BCUT2D eigenvalue weighted by Gasteiger charge is 2.13. The summed E-state index contributed by atoms with van der Waals surface area (Å²) in [6.45, 7) is 2.07. The zero-order chi connectivity index (χ0) is 15.4. The van der Waals surface area contributed by atoms with Crippen molar-refractivity contribution in [1.82, 2.24) is 0 Å². The van der Waals surface area contributed by atoms with Crippen molar-refractivity contribution in [2.45, 2.75) is 13.3 Å². The van der Waals surface area contributed by atoms with Crippen LogP contribution in [0.3, 0.4) is 0 Å². The lowest BCUT2D eigenvalue weighted by Gasteiger charge is -2.09. The number of hydrogen-bond acceptors (Lipinski definition) is 3. The van der Waals surface area contributed by atoms with E-state index >= 15 is 0 Å². The Labute approximate surface area is 140 Å². The van der Waals surface area contributed by atoms with Crippen molar-refractivity contribution in [2.24, 2.45) is 0 Å². The fraction of sp³-hybridized carbons (Fsp3) is 0.188. The smallest absolute Gasteiger partial charge is 0.343 e. The maximum Gasteiger partial charge on any atom is 0.343 e. The molecule has 0 saturated heterocycles. The molecule has 0 aromatic heterocycles. The van der Waals surface area contributed by atoms with Crippen LogP contribution in [0.15, 0.2) is 45.3 Å². The van der Waals surface area contributed by atoms with Crippen LogP contribution in [-0.2, 0) is 6.42 Å². The molecule has 3 nitrogen and oxygen atoms in total. The molecule has 2 rings (SSSR count). The summed E-state index contributed by atoms with van der Waals surface area (Å²) >= 11 is 6.77. The molecular weight excluding hydrogens is 400 g/mol. The number of ether oxygens (including phenoxy) is 2. The molecule has 0 atom stereocenters. The second kappa shape index (κ2) is 7.09. The molecular formula is C16H14Br2O3. The van der Waals surface area contributed by atoms with Crippen molar-refractivity contribution in [1.29, 1.82) is 0 Å². The molecule has 0 bridgehead atoms. The second-order valence-corrected chi connectivity index (χ2v) is 6.07. The Balaban J connectivity index is 2.20. The third kappa shape index (κ3) is 3.86. The summed E-state index contributed by atoms with van der Waals surface area (Å²) in [4.78, 5) is 12.2. The van der Waals surface area contributed by atoms with Crippen molar-refractivity contribution < 1.29 is 14.3 Å². The fourth-order valence-electron chi connectivity index (χ4n) is 1.80. The molecule has 0 radical (unpaired) electrons. The van der Waals surface area contributed by atoms with Crippen LogP contribution in [-0.4, -0.2) is 13.1 Å². The quantitative estimate of drug-likeness (QED) is 0.522. The number of esters is 1. The Kier molecular flexibility index (Phi) is 5.42. The summed E-state index contributed by atoms with van der Waals surface area (Å²) in [6, 6.07) is 10.7. The third-order valence-corrected chi connectivity index (χ3v) is 4.23. The van der Waals surface area contributed by atoms with Crippen molar-refractivity contribution >= 4 is 37.8 Å². The Hall–Kier alpha value is -1.33. The second-order valence-electron chi connectivity index (χ2n) is 4.36. The lowest BCUT2D eigenvalue weighted by Crippen LogP contribution is -2.09. The van der Waals surface area contributed by atoms with Crippen LogP contribution in [0.25, 0.3) is 0 Å². The van der Waals surface area contributed by atoms with E-state index < -0.39 is 5.97 Å². The molecule has 0 unspecified atom stereocenters. The first-order chi connectivity index (χ1) is 10.0. The number of carbonyl (C=O) groups excluding carboxylic acids is 1. The molecule has 110 valence electrons. The number of hydrogen-bond donors (Lipinski definition) is 0. The van der Waals surface area contributed by atoms with Crippen LogP contribution in [0.5, 0.6) is 11.5 Å². The summed E-state index contributed by atoms with van der Waals surface area (Å²) in [7, 11) is 1.57. The van der Waals surface area contributed by atoms with E-state index in [9.17, 15) is 4.79 Å². The number of benzene rings is 2. The predicted molar refractivity (Wildman–Crippen MR) is 89.2 cm³/mol. The minimum Gasteiger partial charge on any atom is -0.496 e. The minimum absolute atomic E-state index is 0.414. The zero-order valence-electron chi connectivity index (χ0n) is 11.7. The molecule has 0 fully saturated rings. The van der Waals surface area contributed by atoms with Crippen LogP contribution in [0, 0.1) is 0 Å². The molecule has 5 heteroatoms. The van der Waals surface area contributed by atoms with Gasteiger partial charge < -0.3 is 9.47 Å². The highest BCUT2D eigenvalue weighted by Crippen LogP contribution is 2.29. The van der Waals surface area contributed by atoms with Gasteiger partial charge in [-0.2, -0.15) is 0 Å². The van der Waals surface area contributed by atoms with Crippen LogP contribution in [0.4, 0.5) is 0 Å². The van der Waals surface area contributed by atoms with E-state index in [0.29, 0.717) is 21.5 Å². The maximum absolute atomic E-state index is 12.2. The van der Waals surface area contributed by atoms with E-state index in [1.54, 1.807) is 31.4 Å². The highest BCUT2D eigenvalue weighted by atomic mass is 79.9. The molecule has 2 aromatic carbocycles. The Morgan fingerprint density at radius 3 is 2.29 bits per heavy atom. The van der Waals surface area contributed by atoms with Gasteiger partial charge in [-0.15, -0.1) is 0 Å². The molecule has 0 aliphatic heterocycles. The normalized spacial score (nSPS) is 10.3. The van der Waals surface area contributed by atoms with Gasteiger partial charge in [0.25, 0.3) is 0 Å². The zero-order valence-corrected chi connectivity index (χ0v) is 14.8. The van der Waals surface area contributed by atoms with E-state index in [0.717, 1.165) is 10.9 Å². The molecule has 0 saturated carbocycles. The first-order valence-corrected chi connectivity index (χ1v) is 7.98. The molecule has 0 aliphatic rings. The van der Waals surface area contributed by atoms with E-state index in [4.69, 9.17) is 9.47 Å². The third-order valence-electron chi connectivity index (χ3n) is 2.99. The average Bonchev–Trinajstić information content (AvgIpc) is 2.49. The van der Waals surface area contributed by atoms with E-state index in [1.165, 1.54) is 5.56 Å². The average molecular weight is 414 g/mol. The van der Waals surface area contributed by atoms with Gasteiger partial charge in [0.15, 0.2) is 0 Å². The van der Waals surface area contributed by atoms with Crippen LogP contribution < -0.4 is 9.47 Å². The Bertz CT molecular complexity index is 669. The molecule has 0 heterocycles. The van der Waals surface area contributed by atoms with Crippen LogP contribution in [0.2, 0.25) is 0 Å². The van der Waals surface area contributed by atoms with Gasteiger partial charge in [-0.05, 0) is 74.2 Å². The van der Waals surface area contributed by atoms with Gasteiger partial charge in [0, 0.05) is 0 Å². The SMILES string of the molecule is CCc1ccc(OC(=O)c2ccc(OC)c(Br)c2)c(Br)c1. The number of carbonyl (C=O) groups is 1. The van der Waals surface area contributed by atoms with Gasteiger partial charge in [0.2, 0.25) is 0 Å². The molecule has 21 heavy (non-hydrogen) atoms. The summed E-state index contributed by atoms with van der Waals surface area (Å²) in [5.41, 5.74) is 1.63. The van der Waals surface area contributed by atoms with Gasteiger partial charge in [-0.1, -0.05) is 13.0 Å². The number of methoxy groups -OCH3 is 1. The standard InChI is InChI=1S/C16H14Br2O3/c1-3-10-4-6-15(12(17)8-10)21-16(19)11-5-7-14(20-2)13(18)9-11/h4-9H,3H2,1-2H3. The van der Waals surface area contributed by atoms with Crippen LogP contribution in [0.1, 0.15) is 22.8 Å². The topological polar surface area (TPSA) is 35.5 Å². The summed E-state index contributed by atoms with van der Waals surface area (Å²) in [5, 5.41) is 0. The molecule has 0 amide bonds. The van der Waals surface area contributed by atoms with Gasteiger partial charge in [-0.3, -0.25) is 0 Å². The lowest BCUT2D eigenvalue weighted by atomic mass is 10.2. The summed E-state index contributed by atoms with van der Waals surface area (Å²) in [6.07, 6.45) is 0.929. The Morgan fingerprint density at radius 1 is 1.05 bits per heavy atom. The first-order valence-electron chi connectivity index (χ1n) is 6.39. The Morgan fingerprint density at radius 2 is 1.71 bits per heavy atom. The first kappa shape index (κ1) is 16.0. The van der Waals surface area contributed by atoms with E-state index in [2.05, 4.69) is 38.8 Å². The fourth-order valence-corrected chi connectivity index (χ4v) is 2.85. The molecule has 0 spiro atoms. The van der Waals surface area contributed by atoms with Gasteiger partial charge in [0.05, 0.1) is 21.6 Å². The largest absolute Gasteiger partial charge is 0.496 e. The number of halogens is 2. The van der Waals surface area contributed by atoms with E-state index in [-0.39, 0.29) is 0 Å². The van der Waals surface area contributed by atoms with Crippen molar-refractivity contribution in [3.63, 3.8) is 0 Å². The monoisotopic (exact) mass is 412 g/mol. The van der Waals surface area contributed by atoms with Crippen molar-refractivity contribution in [3.8, 4) is 11.5 Å².